The largest absolute Gasteiger partial charge is 0.383 e. The number of nitrogens with two attached hydrogens (primary N) is 1. The van der Waals surface area contributed by atoms with Gasteiger partial charge in [-0.3, -0.25) is 8.98 Å². The normalized spacial score (nSPS) is 18.1. The smallest absolute Gasteiger partial charge is 0.264 e. The molecule has 1 aliphatic rings. The molecule has 11 nitrogen and oxygen atoms in total. The molecule has 38 heavy (non-hydrogen) atoms. The Labute approximate surface area is 227 Å². The van der Waals surface area contributed by atoms with Crippen LogP contribution in [0.3, 0.4) is 0 Å². The summed E-state index contributed by atoms with van der Waals surface area (Å²) >= 11 is 7.08. The molecule has 0 bridgehead atoms. The van der Waals surface area contributed by atoms with E-state index in [1.54, 1.807) is 36.4 Å². The number of nitrogens with zero attached hydrogens (tertiary/aromatic N) is 3. The van der Waals surface area contributed by atoms with Crippen molar-refractivity contribution in [3.8, 4) is 0 Å². The highest BCUT2D eigenvalue weighted by Crippen LogP contribution is 2.33. The number of sulfonamides is 1. The summed E-state index contributed by atoms with van der Waals surface area (Å²) in [5, 5.41) is 4.51. The number of thiophene rings is 1. The number of benzene rings is 2. The lowest BCUT2D eigenvalue weighted by molar-refractivity contribution is -0.125. The maximum Gasteiger partial charge on any atom is 0.264 e. The molecule has 3 heterocycles. The molecule has 2 unspecified atom stereocenters. The van der Waals surface area contributed by atoms with Crippen LogP contribution in [0.15, 0.2) is 53.0 Å². The van der Waals surface area contributed by atoms with Crippen molar-refractivity contribution < 1.29 is 25.8 Å². The molecule has 2 aromatic heterocycles. The van der Waals surface area contributed by atoms with E-state index in [0.29, 0.717) is 37.4 Å². The van der Waals surface area contributed by atoms with Crippen molar-refractivity contribution in [2.24, 2.45) is 0 Å². The molecule has 0 saturated carbocycles. The van der Waals surface area contributed by atoms with Crippen LogP contribution >= 0.6 is 22.9 Å². The summed E-state index contributed by atoms with van der Waals surface area (Å²) in [5.41, 5.74) is 7.09. The second-order valence-corrected chi connectivity index (χ2v) is 14.2. The van der Waals surface area contributed by atoms with Gasteiger partial charge in [-0.1, -0.05) is 23.7 Å². The first-order chi connectivity index (χ1) is 17.9. The number of aromatic nitrogens is 2. The van der Waals surface area contributed by atoms with E-state index >= 15 is 0 Å². The van der Waals surface area contributed by atoms with Crippen molar-refractivity contribution in [1.82, 2.24) is 19.6 Å². The molecule has 0 radical (unpaired) electrons. The molecule has 0 spiro atoms. The van der Waals surface area contributed by atoms with Crippen LogP contribution in [0.2, 0.25) is 5.02 Å². The van der Waals surface area contributed by atoms with Crippen molar-refractivity contribution in [1.29, 1.82) is 0 Å². The van der Waals surface area contributed by atoms with E-state index in [-0.39, 0.29) is 17.2 Å². The van der Waals surface area contributed by atoms with Gasteiger partial charge in [0, 0.05) is 28.1 Å². The zero-order valence-electron chi connectivity index (χ0n) is 19.9. The van der Waals surface area contributed by atoms with E-state index in [2.05, 4.69) is 15.3 Å². The summed E-state index contributed by atoms with van der Waals surface area (Å²) in [6.45, 7) is -0.600. The number of anilines is 1. The summed E-state index contributed by atoms with van der Waals surface area (Å²) in [6.07, 6.45) is 1.17. The van der Waals surface area contributed by atoms with E-state index in [0.717, 1.165) is 21.9 Å². The SMILES string of the molecule is CS(=O)(=O)OC(Cc1ccc2c(N)ncnc2c1)C1CN(S(=O)(=O)c2cc3ccc(Cl)cc3s2)CC(=O)N1. The van der Waals surface area contributed by atoms with Gasteiger partial charge >= 0.3 is 0 Å². The van der Waals surface area contributed by atoms with E-state index in [9.17, 15) is 21.6 Å². The number of piperazine rings is 1. The summed E-state index contributed by atoms with van der Waals surface area (Å²) < 4.78 is 58.4. The van der Waals surface area contributed by atoms with Crippen LogP contribution in [0.5, 0.6) is 0 Å². The minimum atomic E-state index is -4.07. The Morgan fingerprint density at radius 1 is 1.18 bits per heavy atom. The van der Waals surface area contributed by atoms with E-state index < -0.39 is 44.7 Å². The Morgan fingerprint density at radius 3 is 2.74 bits per heavy atom. The zero-order chi connectivity index (χ0) is 27.2. The van der Waals surface area contributed by atoms with Gasteiger partial charge in [0.05, 0.1) is 24.4 Å². The highest BCUT2D eigenvalue weighted by atomic mass is 35.5. The number of halogens is 1. The van der Waals surface area contributed by atoms with Crippen LogP contribution < -0.4 is 11.1 Å². The molecule has 5 rings (SSSR count). The molecule has 0 aliphatic carbocycles. The maximum atomic E-state index is 13.5. The third-order valence-electron chi connectivity index (χ3n) is 6.04. The van der Waals surface area contributed by atoms with Crippen LogP contribution in [-0.4, -0.2) is 68.5 Å². The number of carbonyl (C=O) groups is 1. The minimum Gasteiger partial charge on any atom is -0.383 e. The van der Waals surface area contributed by atoms with E-state index in [1.807, 2.05) is 0 Å². The van der Waals surface area contributed by atoms with Gasteiger partial charge in [-0.25, -0.2) is 18.4 Å². The summed E-state index contributed by atoms with van der Waals surface area (Å²) in [5.74, 6) is -0.274. The van der Waals surface area contributed by atoms with Crippen LogP contribution in [-0.2, 0) is 35.5 Å². The average Bonchev–Trinajstić information content (AvgIpc) is 3.27. The summed E-state index contributed by atoms with van der Waals surface area (Å²) in [4.78, 5) is 20.8. The Balaban J connectivity index is 1.45. The Morgan fingerprint density at radius 2 is 1.97 bits per heavy atom. The van der Waals surface area contributed by atoms with Crippen molar-refractivity contribution in [3.05, 3.63) is 59.4 Å². The zero-order valence-corrected chi connectivity index (χ0v) is 23.1. The average molecular weight is 596 g/mol. The minimum absolute atomic E-state index is 0.0487. The monoisotopic (exact) mass is 595 g/mol. The molecule has 1 fully saturated rings. The molecule has 1 saturated heterocycles. The molecule has 2 aromatic carbocycles. The van der Waals surface area contributed by atoms with Gasteiger partial charge in [0.1, 0.15) is 22.5 Å². The fourth-order valence-electron chi connectivity index (χ4n) is 4.32. The lowest BCUT2D eigenvalue weighted by Crippen LogP contribution is -2.60. The number of hydrogen-bond donors (Lipinski definition) is 2. The number of carbonyl (C=O) groups excluding carboxylic acids is 1. The van der Waals surface area contributed by atoms with E-state index in [1.165, 1.54) is 12.4 Å². The molecule has 1 amide bonds. The Hall–Kier alpha value is -2.88. The van der Waals surface area contributed by atoms with Crippen LogP contribution in [0.4, 0.5) is 5.82 Å². The molecule has 1 aliphatic heterocycles. The second-order valence-electron chi connectivity index (χ2n) is 8.87. The van der Waals surface area contributed by atoms with Gasteiger partial charge < -0.3 is 11.1 Å². The van der Waals surface area contributed by atoms with Gasteiger partial charge in [-0.2, -0.15) is 12.7 Å². The van der Waals surface area contributed by atoms with Gasteiger partial charge in [-0.05, 0) is 41.3 Å². The van der Waals surface area contributed by atoms with Gasteiger partial charge in [0.25, 0.3) is 20.1 Å². The molecule has 15 heteroatoms. The van der Waals surface area contributed by atoms with Crippen molar-refractivity contribution >= 4 is 75.8 Å². The predicted octanol–water partition coefficient (Wildman–Crippen LogP) is 2.16. The van der Waals surface area contributed by atoms with Gasteiger partial charge in [0.15, 0.2) is 0 Å². The van der Waals surface area contributed by atoms with Crippen LogP contribution in [0.1, 0.15) is 5.56 Å². The van der Waals surface area contributed by atoms with Crippen LogP contribution in [0.25, 0.3) is 21.0 Å². The first-order valence-electron chi connectivity index (χ1n) is 11.2. The van der Waals surface area contributed by atoms with Gasteiger partial charge in [0.2, 0.25) is 5.91 Å². The first kappa shape index (κ1) is 26.7. The molecule has 4 aromatic rings. The number of hydrogen-bond acceptors (Lipinski definition) is 10. The number of rotatable bonds is 7. The maximum absolute atomic E-state index is 13.5. The van der Waals surface area contributed by atoms with Crippen molar-refractivity contribution in [2.75, 3.05) is 25.1 Å². The fraction of sp³-hybridized carbons (Fsp3) is 0.261. The molecule has 200 valence electrons. The summed E-state index contributed by atoms with van der Waals surface area (Å²) in [7, 11) is -8.04. The highest BCUT2D eigenvalue weighted by molar-refractivity contribution is 7.91. The molecule has 3 N–H and O–H groups in total. The first-order valence-corrected chi connectivity index (χ1v) is 15.7. The van der Waals surface area contributed by atoms with Gasteiger partial charge in [-0.15, -0.1) is 11.3 Å². The number of amides is 1. The number of nitrogen functional groups attached to an aromatic ring is 1. The van der Waals surface area contributed by atoms with Crippen molar-refractivity contribution in [2.45, 2.75) is 22.8 Å². The second kappa shape index (κ2) is 10.0. The molecule has 2 atom stereocenters. The van der Waals surface area contributed by atoms with Crippen LogP contribution in [0, 0.1) is 0 Å². The Bertz CT molecular complexity index is 1780. The third kappa shape index (κ3) is 5.60. The summed E-state index contributed by atoms with van der Waals surface area (Å²) in [6, 6.07) is 10.8. The quantitative estimate of drug-likeness (QED) is 0.305. The molecular formula is C23H22ClN5O6S3. The lowest BCUT2D eigenvalue weighted by atomic mass is 10.00. The number of nitrogens with one attached hydrogen (secondary N) is 1. The molecular weight excluding hydrogens is 574 g/mol. The van der Waals surface area contributed by atoms with E-state index in [4.69, 9.17) is 21.5 Å². The van der Waals surface area contributed by atoms with Crippen molar-refractivity contribution in [3.63, 3.8) is 0 Å². The topological polar surface area (TPSA) is 162 Å². The standard InChI is InChI=1S/C23H22ClN5O6S3/c1-37(31,32)35-19(7-13-2-5-16-17(6-13)26-12-27-23(16)25)18-10-29(11-21(30)28-18)38(33,34)22-8-14-3-4-15(24)9-20(14)36-22/h2-6,8-9,12,18-19H,7,10-11H2,1H3,(H,28,30)(H2,25,26,27). The lowest BCUT2D eigenvalue weighted by Gasteiger charge is -2.35. The predicted molar refractivity (Wildman–Crippen MR) is 145 cm³/mol. The number of fused-ring (bicyclic) bond motifs is 2. The third-order valence-corrected chi connectivity index (χ3v) is 10.2. The highest BCUT2D eigenvalue weighted by Gasteiger charge is 2.39. The fourth-order valence-corrected chi connectivity index (χ4v) is 8.22. The Kier molecular flexibility index (Phi) is 7.04.